The molecular formula is C13H20N2O2. The van der Waals surface area contributed by atoms with Crippen molar-refractivity contribution in [2.45, 2.75) is 32.2 Å². The molecule has 4 nitrogen and oxygen atoms in total. The Bertz CT molecular complexity index is 372. The Morgan fingerprint density at radius 3 is 2.47 bits per heavy atom. The van der Waals surface area contributed by atoms with Crippen LogP contribution in [-0.2, 0) is 11.2 Å². The van der Waals surface area contributed by atoms with Crippen LogP contribution in [0, 0.1) is 0 Å². The highest BCUT2D eigenvalue weighted by atomic mass is 16.3. The van der Waals surface area contributed by atoms with Gasteiger partial charge in [-0.25, -0.2) is 0 Å². The molecule has 4 heteroatoms. The van der Waals surface area contributed by atoms with Gasteiger partial charge in [-0.2, -0.15) is 0 Å². The average Bonchev–Trinajstić information content (AvgIpc) is 2.28. The summed E-state index contributed by atoms with van der Waals surface area (Å²) >= 11 is 0. The summed E-state index contributed by atoms with van der Waals surface area (Å²) in [7, 11) is 0. The third-order valence-corrected chi connectivity index (χ3v) is 2.49. The van der Waals surface area contributed by atoms with Crippen molar-refractivity contribution < 1.29 is 9.90 Å². The number of rotatable bonds is 5. The fraction of sp³-hybridized carbons (Fsp3) is 0.462. The molecule has 0 aliphatic heterocycles. The van der Waals surface area contributed by atoms with Crippen molar-refractivity contribution >= 4 is 11.6 Å². The number of benzene rings is 1. The number of aryl methyl sites for hydroxylation is 1. The van der Waals surface area contributed by atoms with Crippen LogP contribution in [0.15, 0.2) is 24.3 Å². The maximum absolute atomic E-state index is 11.6. The fourth-order valence-corrected chi connectivity index (χ4v) is 1.42. The van der Waals surface area contributed by atoms with Gasteiger partial charge in [0.25, 0.3) is 0 Å². The van der Waals surface area contributed by atoms with Gasteiger partial charge in [-0.05, 0) is 38.0 Å². The molecule has 4 N–H and O–H groups in total. The molecule has 0 aromatic heterocycles. The number of anilines is 1. The highest BCUT2D eigenvalue weighted by Gasteiger charge is 2.18. The molecule has 0 spiro atoms. The van der Waals surface area contributed by atoms with Crippen LogP contribution < -0.4 is 11.1 Å². The van der Waals surface area contributed by atoms with E-state index < -0.39 is 5.54 Å². The standard InChI is InChI=1S/C13H20N2O2/c1-13(2,9-16)15-12(17)8-5-10-3-6-11(14)7-4-10/h3-4,6-7,16H,5,8-9,14H2,1-2H3,(H,15,17). The summed E-state index contributed by atoms with van der Waals surface area (Å²) in [4.78, 5) is 11.6. The van der Waals surface area contributed by atoms with E-state index in [1.54, 1.807) is 13.8 Å². The zero-order valence-corrected chi connectivity index (χ0v) is 10.4. The number of nitrogen functional groups attached to an aromatic ring is 1. The lowest BCUT2D eigenvalue weighted by Gasteiger charge is -2.23. The van der Waals surface area contributed by atoms with Gasteiger partial charge in [0, 0.05) is 12.1 Å². The first-order chi connectivity index (χ1) is 7.93. The molecule has 1 amide bonds. The zero-order valence-electron chi connectivity index (χ0n) is 10.4. The van der Waals surface area contributed by atoms with E-state index in [1.165, 1.54) is 0 Å². The Hall–Kier alpha value is -1.55. The smallest absolute Gasteiger partial charge is 0.220 e. The van der Waals surface area contributed by atoms with Gasteiger partial charge < -0.3 is 16.2 Å². The predicted octanol–water partition coefficient (Wildman–Crippen LogP) is 1.09. The van der Waals surface area contributed by atoms with E-state index in [0.717, 1.165) is 11.3 Å². The lowest BCUT2D eigenvalue weighted by Crippen LogP contribution is -2.46. The average molecular weight is 236 g/mol. The summed E-state index contributed by atoms with van der Waals surface area (Å²) in [5.74, 6) is -0.0547. The molecule has 1 rings (SSSR count). The predicted molar refractivity (Wildman–Crippen MR) is 68.5 cm³/mol. The molecule has 1 aromatic carbocycles. The minimum absolute atomic E-state index is 0.0547. The number of carbonyl (C=O) groups excluding carboxylic acids is 1. The van der Waals surface area contributed by atoms with Crippen molar-refractivity contribution in [3.05, 3.63) is 29.8 Å². The van der Waals surface area contributed by atoms with Gasteiger partial charge in [0.15, 0.2) is 0 Å². The van der Waals surface area contributed by atoms with E-state index in [-0.39, 0.29) is 12.5 Å². The maximum Gasteiger partial charge on any atom is 0.220 e. The summed E-state index contributed by atoms with van der Waals surface area (Å²) < 4.78 is 0. The molecule has 0 heterocycles. The summed E-state index contributed by atoms with van der Waals surface area (Å²) in [6, 6.07) is 7.48. The molecular weight excluding hydrogens is 216 g/mol. The minimum atomic E-state index is -0.557. The summed E-state index contributed by atoms with van der Waals surface area (Å²) in [6.07, 6.45) is 1.08. The first-order valence-corrected chi connectivity index (χ1v) is 5.69. The van der Waals surface area contributed by atoms with Gasteiger partial charge in [-0.1, -0.05) is 12.1 Å². The number of amides is 1. The summed E-state index contributed by atoms with van der Waals surface area (Å²) in [5.41, 5.74) is 6.82. The van der Waals surface area contributed by atoms with Crippen LogP contribution in [0.2, 0.25) is 0 Å². The zero-order chi connectivity index (χ0) is 12.9. The maximum atomic E-state index is 11.6. The Kier molecular flexibility index (Phi) is 4.52. The Morgan fingerprint density at radius 1 is 1.35 bits per heavy atom. The van der Waals surface area contributed by atoms with Crippen LogP contribution in [0.25, 0.3) is 0 Å². The van der Waals surface area contributed by atoms with Crippen molar-refractivity contribution in [2.75, 3.05) is 12.3 Å². The molecule has 0 saturated heterocycles. The third kappa shape index (κ3) is 4.87. The van der Waals surface area contributed by atoms with Crippen molar-refractivity contribution in [3.63, 3.8) is 0 Å². The van der Waals surface area contributed by atoms with Crippen molar-refractivity contribution in [3.8, 4) is 0 Å². The van der Waals surface area contributed by atoms with E-state index in [9.17, 15) is 4.79 Å². The van der Waals surface area contributed by atoms with E-state index in [1.807, 2.05) is 24.3 Å². The van der Waals surface area contributed by atoms with Crippen LogP contribution in [0.5, 0.6) is 0 Å². The number of nitrogens with two attached hydrogens (primary N) is 1. The molecule has 0 fully saturated rings. The molecule has 0 atom stereocenters. The molecule has 0 radical (unpaired) electrons. The van der Waals surface area contributed by atoms with Gasteiger partial charge in [0.1, 0.15) is 0 Å². The third-order valence-electron chi connectivity index (χ3n) is 2.49. The van der Waals surface area contributed by atoms with Gasteiger partial charge in [0.2, 0.25) is 5.91 Å². The van der Waals surface area contributed by atoms with Crippen LogP contribution in [0.4, 0.5) is 5.69 Å². The Labute approximate surface area is 102 Å². The van der Waals surface area contributed by atoms with Crippen LogP contribution >= 0.6 is 0 Å². The monoisotopic (exact) mass is 236 g/mol. The summed E-state index contributed by atoms with van der Waals surface area (Å²) in [6.45, 7) is 3.50. The van der Waals surface area contributed by atoms with E-state index >= 15 is 0 Å². The van der Waals surface area contributed by atoms with Crippen LogP contribution in [0.1, 0.15) is 25.8 Å². The second kappa shape index (κ2) is 5.68. The van der Waals surface area contributed by atoms with E-state index in [4.69, 9.17) is 10.8 Å². The second-order valence-electron chi connectivity index (χ2n) is 4.83. The fourth-order valence-electron chi connectivity index (χ4n) is 1.42. The first kappa shape index (κ1) is 13.5. The number of aliphatic hydroxyl groups is 1. The number of carbonyl (C=O) groups is 1. The van der Waals surface area contributed by atoms with Gasteiger partial charge in [-0.3, -0.25) is 4.79 Å². The minimum Gasteiger partial charge on any atom is -0.399 e. The molecule has 0 saturated carbocycles. The second-order valence-corrected chi connectivity index (χ2v) is 4.83. The normalized spacial score (nSPS) is 11.2. The van der Waals surface area contributed by atoms with Gasteiger partial charge >= 0.3 is 0 Å². The highest BCUT2D eigenvalue weighted by molar-refractivity contribution is 5.77. The molecule has 0 unspecified atom stereocenters. The SMILES string of the molecule is CC(C)(CO)NC(=O)CCc1ccc(N)cc1. The van der Waals surface area contributed by atoms with E-state index in [0.29, 0.717) is 12.8 Å². The van der Waals surface area contributed by atoms with Gasteiger partial charge in [-0.15, -0.1) is 0 Å². The van der Waals surface area contributed by atoms with E-state index in [2.05, 4.69) is 5.32 Å². The topological polar surface area (TPSA) is 75.3 Å². The summed E-state index contributed by atoms with van der Waals surface area (Å²) in [5, 5.41) is 11.8. The number of aliphatic hydroxyl groups excluding tert-OH is 1. The molecule has 94 valence electrons. The van der Waals surface area contributed by atoms with Gasteiger partial charge in [0.05, 0.1) is 12.1 Å². The Morgan fingerprint density at radius 2 is 1.94 bits per heavy atom. The molecule has 0 aliphatic rings. The van der Waals surface area contributed by atoms with Crippen LogP contribution in [-0.4, -0.2) is 23.2 Å². The quantitative estimate of drug-likeness (QED) is 0.670. The number of hydrogen-bond acceptors (Lipinski definition) is 3. The molecule has 0 bridgehead atoms. The van der Waals surface area contributed by atoms with Crippen molar-refractivity contribution in [1.82, 2.24) is 5.32 Å². The van der Waals surface area contributed by atoms with Crippen molar-refractivity contribution in [1.29, 1.82) is 0 Å². The Balaban J connectivity index is 2.41. The van der Waals surface area contributed by atoms with Crippen molar-refractivity contribution in [2.24, 2.45) is 0 Å². The first-order valence-electron chi connectivity index (χ1n) is 5.69. The number of nitrogens with one attached hydrogen (secondary N) is 1. The highest BCUT2D eigenvalue weighted by Crippen LogP contribution is 2.08. The lowest BCUT2D eigenvalue weighted by molar-refractivity contribution is -0.123. The lowest BCUT2D eigenvalue weighted by atomic mass is 10.1. The largest absolute Gasteiger partial charge is 0.399 e. The molecule has 1 aromatic rings. The van der Waals surface area contributed by atoms with Crippen LogP contribution in [0.3, 0.4) is 0 Å². The number of hydrogen-bond donors (Lipinski definition) is 3. The molecule has 0 aliphatic carbocycles. The molecule has 17 heavy (non-hydrogen) atoms.